The van der Waals surface area contributed by atoms with Crippen molar-refractivity contribution < 1.29 is 19.6 Å². The number of ether oxygens (including phenoxy) is 1. The summed E-state index contributed by atoms with van der Waals surface area (Å²) in [5.74, 6) is -0.0585. The van der Waals surface area contributed by atoms with Crippen molar-refractivity contribution in [1.82, 2.24) is 5.43 Å². The molecule has 3 aromatic carbocycles. The largest absolute Gasteiger partial charge is 0.507 e. The Morgan fingerprint density at radius 2 is 1.93 bits per heavy atom. The summed E-state index contributed by atoms with van der Waals surface area (Å²) in [6.07, 6.45) is 1.13. The number of nitrogens with one attached hydrogen (secondary N) is 1. The van der Waals surface area contributed by atoms with Crippen LogP contribution < -0.4 is 10.2 Å². The number of benzene rings is 3. The zero-order valence-electron chi connectivity index (χ0n) is 15.5. The molecule has 0 aliphatic carbocycles. The van der Waals surface area contributed by atoms with Crippen LogP contribution in [0.4, 0.5) is 5.69 Å². The Hall–Kier alpha value is -3.72. The van der Waals surface area contributed by atoms with Gasteiger partial charge in [0.05, 0.1) is 11.1 Å². The van der Waals surface area contributed by atoms with Crippen LogP contribution in [0.5, 0.6) is 11.5 Å². The Labute approximate surface area is 180 Å². The Morgan fingerprint density at radius 3 is 2.63 bits per heavy atom. The second-order valence-electron chi connectivity index (χ2n) is 6.14. The first-order valence-electron chi connectivity index (χ1n) is 8.70. The Morgan fingerprint density at radius 1 is 1.17 bits per heavy atom. The number of hydrogen-bond donors (Lipinski definition) is 2. The number of aromatic hydroxyl groups is 1. The Kier molecular flexibility index (Phi) is 6.76. The molecule has 8 nitrogen and oxygen atoms in total. The van der Waals surface area contributed by atoms with E-state index in [1.165, 1.54) is 12.1 Å². The molecule has 152 valence electrons. The van der Waals surface area contributed by atoms with Crippen molar-refractivity contribution in [2.75, 3.05) is 0 Å². The normalized spacial score (nSPS) is 10.7. The van der Waals surface area contributed by atoms with E-state index < -0.39 is 10.8 Å². The topological polar surface area (TPSA) is 114 Å². The van der Waals surface area contributed by atoms with E-state index in [1.54, 1.807) is 24.3 Å². The highest BCUT2D eigenvalue weighted by Crippen LogP contribution is 2.21. The van der Waals surface area contributed by atoms with Crippen molar-refractivity contribution in [3.63, 3.8) is 0 Å². The summed E-state index contributed by atoms with van der Waals surface area (Å²) >= 11 is 3.41. The zero-order chi connectivity index (χ0) is 21.5. The Balaban J connectivity index is 1.57. The molecule has 0 fully saturated rings. The molecular formula is C21H16BrN3O5. The minimum absolute atomic E-state index is 0.112. The van der Waals surface area contributed by atoms with Crippen LogP contribution in [0.25, 0.3) is 0 Å². The summed E-state index contributed by atoms with van der Waals surface area (Å²) < 4.78 is 6.67. The second-order valence-corrected chi connectivity index (χ2v) is 7.06. The van der Waals surface area contributed by atoms with Gasteiger partial charge in [-0.25, -0.2) is 5.43 Å². The van der Waals surface area contributed by atoms with Crippen LogP contribution in [0.2, 0.25) is 0 Å². The first-order valence-corrected chi connectivity index (χ1v) is 9.50. The lowest BCUT2D eigenvalue weighted by molar-refractivity contribution is -0.384. The molecule has 0 spiro atoms. The van der Waals surface area contributed by atoms with Gasteiger partial charge < -0.3 is 9.84 Å². The average Bonchev–Trinajstić information content (AvgIpc) is 2.73. The van der Waals surface area contributed by atoms with E-state index >= 15 is 0 Å². The molecule has 3 aromatic rings. The van der Waals surface area contributed by atoms with Gasteiger partial charge in [-0.15, -0.1) is 0 Å². The molecule has 0 heterocycles. The molecule has 0 bridgehead atoms. The van der Waals surface area contributed by atoms with E-state index in [9.17, 15) is 20.0 Å². The summed E-state index contributed by atoms with van der Waals surface area (Å²) in [4.78, 5) is 22.4. The summed E-state index contributed by atoms with van der Waals surface area (Å²) in [5, 5.41) is 24.3. The van der Waals surface area contributed by atoms with Crippen LogP contribution >= 0.6 is 15.9 Å². The van der Waals surface area contributed by atoms with Gasteiger partial charge in [-0.1, -0.05) is 28.1 Å². The van der Waals surface area contributed by atoms with Crippen LogP contribution in [0.15, 0.2) is 76.3 Å². The van der Waals surface area contributed by atoms with Gasteiger partial charge in [-0.2, -0.15) is 5.10 Å². The standard InChI is InChI=1S/C21H16BrN3O5/c22-17-3-1-2-14(10-17)13-30-19-7-4-15(5-8-19)21(27)24-23-12-16-11-18(25(28)29)6-9-20(16)26/h1-12,26H,13H2,(H,24,27). The predicted molar refractivity (Wildman–Crippen MR) is 115 cm³/mol. The monoisotopic (exact) mass is 469 g/mol. The maximum Gasteiger partial charge on any atom is 0.271 e. The van der Waals surface area contributed by atoms with E-state index in [0.29, 0.717) is 17.9 Å². The maximum atomic E-state index is 12.2. The first-order chi connectivity index (χ1) is 14.4. The van der Waals surface area contributed by atoms with Crippen molar-refractivity contribution in [3.05, 3.63) is 98.0 Å². The highest BCUT2D eigenvalue weighted by atomic mass is 79.9. The molecular weight excluding hydrogens is 454 g/mol. The number of nitrogens with zero attached hydrogens (tertiary/aromatic N) is 2. The summed E-state index contributed by atoms with van der Waals surface area (Å²) in [6.45, 7) is 0.391. The molecule has 3 rings (SSSR count). The first kappa shape index (κ1) is 21.0. The molecule has 0 aliphatic heterocycles. The van der Waals surface area contributed by atoms with Crippen molar-refractivity contribution in [2.24, 2.45) is 5.10 Å². The smallest absolute Gasteiger partial charge is 0.271 e. The third-order valence-corrected chi connectivity index (χ3v) is 4.50. The minimum Gasteiger partial charge on any atom is -0.507 e. The third kappa shape index (κ3) is 5.65. The van der Waals surface area contributed by atoms with Gasteiger partial charge in [-0.05, 0) is 48.0 Å². The molecule has 0 saturated heterocycles. The summed E-state index contributed by atoms with van der Waals surface area (Å²) in [6, 6.07) is 17.8. The maximum absolute atomic E-state index is 12.2. The van der Waals surface area contributed by atoms with Gasteiger partial charge in [-0.3, -0.25) is 14.9 Å². The highest BCUT2D eigenvalue weighted by molar-refractivity contribution is 9.10. The van der Waals surface area contributed by atoms with E-state index in [2.05, 4.69) is 26.5 Å². The number of halogens is 1. The van der Waals surface area contributed by atoms with Gasteiger partial charge in [0, 0.05) is 27.7 Å². The molecule has 0 atom stereocenters. The number of nitro benzene ring substituents is 1. The molecule has 0 radical (unpaired) electrons. The number of non-ortho nitro benzene ring substituents is 1. The molecule has 9 heteroatoms. The molecule has 2 N–H and O–H groups in total. The second kappa shape index (κ2) is 9.66. The molecule has 0 aromatic heterocycles. The van der Waals surface area contributed by atoms with Crippen LogP contribution in [-0.4, -0.2) is 22.2 Å². The number of phenolic OH excluding ortho intramolecular Hbond substituents is 1. The molecule has 0 unspecified atom stereocenters. The van der Waals surface area contributed by atoms with E-state index in [0.717, 1.165) is 22.3 Å². The van der Waals surface area contributed by atoms with Gasteiger partial charge in [0.2, 0.25) is 0 Å². The van der Waals surface area contributed by atoms with Gasteiger partial charge >= 0.3 is 0 Å². The fourth-order valence-corrected chi connectivity index (χ4v) is 2.93. The predicted octanol–water partition coefficient (Wildman–Crippen LogP) is 4.41. The third-order valence-electron chi connectivity index (χ3n) is 4.00. The fraction of sp³-hybridized carbons (Fsp3) is 0.0476. The van der Waals surface area contributed by atoms with Crippen LogP contribution in [0.3, 0.4) is 0 Å². The number of carbonyl (C=O) groups excluding carboxylic acids is 1. The summed E-state index contributed by atoms with van der Waals surface area (Å²) in [7, 11) is 0. The highest BCUT2D eigenvalue weighted by Gasteiger charge is 2.09. The molecule has 0 saturated carbocycles. The van der Waals surface area contributed by atoms with Crippen molar-refractivity contribution in [3.8, 4) is 11.5 Å². The SMILES string of the molecule is O=C(NN=Cc1cc([N+](=O)[O-])ccc1O)c1ccc(OCc2cccc(Br)c2)cc1. The zero-order valence-corrected chi connectivity index (χ0v) is 17.1. The number of nitro groups is 1. The number of rotatable bonds is 7. The van der Waals surface area contributed by atoms with Crippen LogP contribution in [0.1, 0.15) is 21.5 Å². The average molecular weight is 470 g/mol. The lowest BCUT2D eigenvalue weighted by atomic mass is 10.2. The van der Waals surface area contributed by atoms with Gasteiger partial charge in [0.15, 0.2) is 0 Å². The number of carbonyl (C=O) groups is 1. The van der Waals surface area contributed by atoms with Crippen LogP contribution in [-0.2, 0) is 6.61 Å². The van der Waals surface area contributed by atoms with Gasteiger partial charge in [0.1, 0.15) is 18.1 Å². The van der Waals surface area contributed by atoms with E-state index in [1.807, 2.05) is 24.3 Å². The fourth-order valence-electron chi connectivity index (χ4n) is 2.48. The number of amides is 1. The number of phenols is 1. The van der Waals surface area contributed by atoms with Crippen molar-refractivity contribution in [2.45, 2.75) is 6.61 Å². The van der Waals surface area contributed by atoms with Crippen LogP contribution in [0, 0.1) is 10.1 Å². The minimum atomic E-state index is -0.588. The number of hydrazone groups is 1. The van der Waals surface area contributed by atoms with E-state index in [-0.39, 0.29) is 17.0 Å². The molecule has 1 amide bonds. The molecule has 0 aliphatic rings. The van der Waals surface area contributed by atoms with Gasteiger partial charge in [0.25, 0.3) is 11.6 Å². The lowest BCUT2D eigenvalue weighted by Crippen LogP contribution is -2.17. The summed E-state index contributed by atoms with van der Waals surface area (Å²) in [5.41, 5.74) is 3.58. The number of hydrogen-bond acceptors (Lipinski definition) is 6. The lowest BCUT2D eigenvalue weighted by Gasteiger charge is -2.07. The Bertz CT molecular complexity index is 1100. The van der Waals surface area contributed by atoms with E-state index in [4.69, 9.17) is 4.74 Å². The van der Waals surface area contributed by atoms with Crippen molar-refractivity contribution in [1.29, 1.82) is 0 Å². The quantitative estimate of drug-likeness (QED) is 0.302. The molecule has 30 heavy (non-hydrogen) atoms. The van der Waals surface area contributed by atoms with Crippen molar-refractivity contribution >= 4 is 33.7 Å².